The highest BCUT2D eigenvalue weighted by molar-refractivity contribution is 5.95. The molecule has 7 nitrogen and oxygen atoms in total. The minimum absolute atomic E-state index is 0.0606. The molecular formula is C28H30FN3O4. The van der Waals surface area contributed by atoms with E-state index in [4.69, 9.17) is 4.42 Å². The molecule has 4 rings (SSSR count). The average molecular weight is 492 g/mol. The summed E-state index contributed by atoms with van der Waals surface area (Å²) in [5.41, 5.74) is 2.22. The maximum atomic E-state index is 13.7. The molecule has 0 bridgehead atoms. The maximum absolute atomic E-state index is 13.7. The minimum Gasteiger partial charge on any atom is -0.459 e. The second kappa shape index (κ2) is 11.7. The van der Waals surface area contributed by atoms with Crippen molar-refractivity contribution < 1.29 is 23.2 Å². The molecule has 2 N–H and O–H groups in total. The molecule has 1 aliphatic carbocycles. The number of hydrogen-bond donors (Lipinski definition) is 2. The average Bonchev–Trinajstić information content (AvgIpc) is 3.59. The molecule has 1 heterocycles. The van der Waals surface area contributed by atoms with Gasteiger partial charge in [-0.25, -0.2) is 4.39 Å². The van der Waals surface area contributed by atoms with Gasteiger partial charge in [0.25, 0.3) is 5.91 Å². The van der Waals surface area contributed by atoms with Gasteiger partial charge < -0.3 is 20.0 Å². The zero-order chi connectivity index (χ0) is 25.5. The first-order valence-electron chi connectivity index (χ1n) is 12.1. The van der Waals surface area contributed by atoms with Crippen LogP contribution in [-0.4, -0.2) is 35.2 Å². The van der Waals surface area contributed by atoms with E-state index in [0.717, 1.165) is 31.2 Å². The van der Waals surface area contributed by atoms with Crippen LogP contribution in [0.2, 0.25) is 0 Å². The highest BCUT2D eigenvalue weighted by Gasteiger charge is 2.34. The Labute approximate surface area is 209 Å². The summed E-state index contributed by atoms with van der Waals surface area (Å²) in [5, 5.41) is 5.70. The number of benzene rings is 2. The third kappa shape index (κ3) is 6.19. The van der Waals surface area contributed by atoms with Gasteiger partial charge in [-0.15, -0.1) is 0 Å². The number of amides is 3. The van der Waals surface area contributed by atoms with Crippen LogP contribution in [0.5, 0.6) is 0 Å². The highest BCUT2D eigenvalue weighted by atomic mass is 19.1. The fraction of sp³-hybridized carbons (Fsp3) is 0.321. The molecule has 0 spiro atoms. The summed E-state index contributed by atoms with van der Waals surface area (Å²) in [4.78, 5) is 41.1. The Morgan fingerprint density at radius 3 is 2.42 bits per heavy atom. The lowest BCUT2D eigenvalue weighted by Crippen LogP contribution is -2.48. The van der Waals surface area contributed by atoms with E-state index in [0.29, 0.717) is 11.1 Å². The van der Waals surface area contributed by atoms with Crippen molar-refractivity contribution in [1.29, 1.82) is 0 Å². The molecule has 1 aromatic heterocycles. The topological polar surface area (TPSA) is 91.7 Å². The number of nitrogens with zero attached hydrogens (tertiary/aromatic N) is 1. The van der Waals surface area contributed by atoms with Gasteiger partial charge in [-0.3, -0.25) is 14.4 Å². The van der Waals surface area contributed by atoms with Crippen LogP contribution in [-0.2, 0) is 16.1 Å². The lowest BCUT2D eigenvalue weighted by molar-refractivity contribution is -0.141. The summed E-state index contributed by atoms with van der Waals surface area (Å²) in [6, 6.07) is 15.5. The van der Waals surface area contributed by atoms with Crippen molar-refractivity contribution in [1.82, 2.24) is 15.5 Å². The van der Waals surface area contributed by atoms with Gasteiger partial charge in [0.05, 0.1) is 12.8 Å². The van der Waals surface area contributed by atoms with Crippen LogP contribution in [0, 0.1) is 12.7 Å². The van der Waals surface area contributed by atoms with Crippen LogP contribution in [0.25, 0.3) is 0 Å². The number of hydrogen-bond acceptors (Lipinski definition) is 4. The van der Waals surface area contributed by atoms with Gasteiger partial charge in [-0.05, 0) is 60.7 Å². The summed E-state index contributed by atoms with van der Waals surface area (Å²) in [7, 11) is 0. The molecule has 0 aliphatic heterocycles. The predicted molar refractivity (Wildman–Crippen MR) is 132 cm³/mol. The summed E-state index contributed by atoms with van der Waals surface area (Å²) in [6.45, 7) is 1.62. The molecule has 3 aromatic rings. The third-order valence-corrected chi connectivity index (χ3v) is 6.48. The summed E-state index contributed by atoms with van der Waals surface area (Å²) in [6.07, 6.45) is 5.28. The van der Waals surface area contributed by atoms with Crippen LogP contribution < -0.4 is 10.6 Å². The Hall–Kier alpha value is -3.94. The van der Waals surface area contributed by atoms with Gasteiger partial charge in [0.15, 0.2) is 5.76 Å². The molecule has 8 heteroatoms. The van der Waals surface area contributed by atoms with E-state index in [1.807, 2.05) is 31.2 Å². The molecule has 188 valence electrons. The lowest BCUT2D eigenvalue weighted by Gasteiger charge is -2.33. The Kier molecular flexibility index (Phi) is 8.15. The molecule has 36 heavy (non-hydrogen) atoms. The van der Waals surface area contributed by atoms with Crippen molar-refractivity contribution >= 4 is 17.7 Å². The number of carbonyl (C=O) groups is 3. The highest BCUT2D eigenvalue weighted by Crippen LogP contribution is 2.28. The van der Waals surface area contributed by atoms with Gasteiger partial charge in [-0.2, -0.15) is 0 Å². The second-order valence-electron chi connectivity index (χ2n) is 9.06. The van der Waals surface area contributed by atoms with Crippen molar-refractivity contribution in [2.45, 2.75) is 51.2 Å². The van der Waals surface area contributed by atoms with E-state index in [1.165, 1.54) is 29.4 Å². The molecule has 0 unspecified atom stereocenters. The molecule has 1 saturated carbocycles. The number of rotatable bonds is 9. The molecule has 0 radical (unpaired) electrons. The standard InChI is InChI=1S/C28H30FN3O4/c1-19-7-2-5-10-23(19)26(28(35)31-22-8-3-4-9-22)32(18-20-12-14-21(29)15-13-20)25(33)17-30-27(34)24-11-6-16-36-24/h2,5-7,10-16,22,26H,3-4,8-9,17-18H2,1H3,(H,30,34)(H,31,35)/t26-/m0/s1. The Morgan fingerprint density at radius 2 is 1.75 bits per heavy atom. The van der Waals surface area contributed by atoms with E-state index in [-0.39, 0.29) is 30.8 Å². The Morgan fingerprint density at radius 1 is 1.03 bits per heavy atom. The maximum Gasteiger partial charge on any atom is 0.287 e. The van der Waals surface area contributed by atoms with Gasteiger partial charge >= 0.3 is 0 Å². The van der Waals surface area contributed by atoms with Crippen molar-refractivity contribution in [2.24, 2.45) is 0 Å². The quantitative estimate of drug-likeness (QED) is 0.467. The normalized spacial score (nSPS) is 14.3. The SMILES string of the molecule is Cc1ccccc1[C@@H](C(=O)NC1CCCC1)N(Cc1ccc(F)cc1)C(=O)CNC(=O)c1ccco1. The van der Waals surface area contributed by atoms with E-state index in [2.05, 4.69) is 10.6 Å². The zero-order valence-electron chi connectivity index (χ0n) is 20.2. The first-order valence-corrected chi connectivity index (χ1v) is 12.1. The van der Waals surface area contributed by atoms with Crippen molar-refractivity contribution in [2.75, 3.05) is 6.54 Å². The second-order valence-corrected chi connectivity index (χ2v) is 9.06. The van der Waals surface area contributed by atoms with Crippen LogP contribution in [0.1, 0.15) is 59.0 Å². The summed E-state index contributed by atoms with van der Waals surface area (Å²) < 4.78 is 18.7. The van der Waals surface area contributed by atoms with E-state index >= 15 is 0 Å². The number of halogens is 1. The molecule has 1 fully saturated rings. The van der Waals surface area contributed by atoms with Gasteiger partial charge in [-0.1, -0.05) is 49.2 Å². The summed E-state index contributed by atoms with van der Waals surface area (Å²) >= 11 is 0. The van der Waals surface area contributed by atoms with Crippen LogP contribution in [0.15, 0.2) is 71.3 Å². The number of nitrogens with one attached hydrogen (secondary N) is 2. The fourth-order valence-electron chi connectivity index (χ4n) is 4.56. The van der Waals surface area contributed by atoms with E-state index < -0.39 is 23.7 Å². The van der Waals surface area contributed by atoms with Gasteiger partial charge in [0.1, 0.15) is 11.9 Å². The van der Waals surface area contributed by atoms with Crippen molar-refractivity contribution in [3.8, 4) is 0 Å². The van der Waals surface area contributed by atoms with Gasteiger partial charge in [0, 0.05) is 12.6 Å². The van der Waals surface area contributed by atoms with E-state index in [9.17, 15) is 18.8 Å². The first-order chi connectivity index (χ1) is 17.4. The van der Waals surface area contributed by atoms with Crippen LogP contribution >= 0.6 is 0 Å². The van der Waals surface area contributed by atoms with Crippen molar-refractivity contribution in [3.63, 3.8) is 0 Å². The molecular weight excluding hydrogens is 461 g/mol. The lowest BCUT2D eigenvalue weighted by atomic mass is 9.97. The number of furan rings is 1. The molecule has 1 aliphatic rings. The molecule has 0 saturated heterocycles. The largest absolute Gasteiger partial charge is 0.459 e. The van der Waals surface area contributed by atoms with Crippen LogP contribution in [0.4, 0.5) is 4.39 Å². The molecule has 3 amide bonds. The summed E-state index contributed by atoms with van der Waals surface area (Å²) in [5.74, 6) is -1.56. The number of carbonyl (C=O) groups excluding carboxylic acids is 3. The molecule has 1 atom stereocenters. The Bertz CT molecular complexity index is 1190. The van der Waals surface area contributed by atoms with E-state index in [1.54, 1.807) is 18.2 Å². The zero-order valence-corrected chi connectivity index (χ0v) is 20.2. The third-order valence-electron chi connectivity index (χ3n) is 6.48. The smallest absolute Gasteiger partial charge is 0.287 e. The molecule has 2 aromatic carbocycles. The fourth-order valence-corrected chi connectivity index (χ4v) is 4.56. The Balaban J connectivity index is 1.65. The van der Waals surface area contributed by atoms with Crippen LogP contribution in [0.3, 0.4) is 0 Å². The first kappa shape index (κ1) is 25.2. The monoisotopic (exact) mass is 491 g/mol. The van der Waals surface area contributed by atoms with Crippen molar-refractivity contribution in [3.05, 3.63) is 95.2 Å². The predicted octanol–water partition coefficient (Wildman–Crippen LogP) is 4.29. The number of aryl methyl sites for hydroxylation is 1. The van der Waals surface area contributed by atoms with Gasteiger partial charge in [0.2, 0.25) is 11.8 Å². The minimum atomic E-state index is -0.926.